The van der Waals surface area contributed by atoms with Gasteiger partial charge in [-0.2, -0.15) is 0 Å². The summed E-state index contributed by atoms with van der Waals surface area (Å²) in [6.07, 6.45) is 3.46. The molecule has 1 heterocycles. The highest BCUT2D eigenvalue weighted by Gasteiger charge is 2.15. The van der Waals surface area contributed by atoms with Gasteiger partial charge in [0.1, 0.15) is 10.8 Å². The first-order valence-electron chi connectivity index (χ1n) is 7.79. The molecule has 0 unspecified atom stereocenters. The van der Waals surface area contributed by atoms with Crippen LogP contribution in [0.3, 0.4) is 0 Å². The predicted molar refractivity (Wildman–Crippen MR) is 102 cm³/mol. The van der Waals surface area contributed by atoms with Crippen molar-refractivity contribution < 1.29 is 9.31 Å². The molecular weight excluding hydrogens is 353 g/mol. The second kappa shape index (κ2) is 7.45. The number of nitrogens with zero attached hydrogens (tertiary/aromatic N) is 3. The summed E-state index contributed by atoms with van der Waals surface area (Å²) in [5.74, 6) is -0.303. The van der Waals surface area contributed by atoms with Gasteiger partial charge in [0.05, 0.1) is 16.2 Å². The van der Waals surface area contributed by atoms with E-state index < -0.39 is 4.92 Å². The molecule has 2 aromatic carbocycles. The summed E-state index contributed by atoms with van der Waals surface area (Å²) < 4.78 is 13.1. The average Bonchev–Trinajstić information content (AvgIpc) is 3.10. The van der Waals surface area contributed by atoms with Crippen LogP contribution in [-0.2, 0) is 0 Å². The van der Waals surface area contributed by atoms with E-state index in [1.54, 1.807) is 30.5 Å². The molecule has 0 bridgehead atoms. The molecule has 0 spiro atoms. The van der Waals surface area contributed by atoms with Crippen molar-refractivity contribution >= 4 is 23.1 Å². The van der Waals surface area contributed by atoms with Crippen molar-refractivity contribution in [3.8, 4) is 21.8 Å². The minimum absolute atomic E-state index is 0.0249. The number of rotatable bonds is 5. The van der Waals surface area contributed by atoms with Crippen LogP contribution in [0, 0.1) is 15.9 Å². The van der Waals surface area contributed by atoms with Crippen LogP contribution in [0.4, 0.5) is 10.1 Å². The van der Waals surface area contributed by atoms with Crippen molar-refractivity contribution in [3.63, 3.8) is 0 Å². The van der Waals surface area contributed by atoms with E-state index in [2.05, 4.69) is 4.98 Å². The molecule has 1 aromatic heterocycles. The van der Waals surface area contributed by atoms with E-state index in [0.29, 0.717) is 16.8 Å². The maximum Gasteiger partial charge on any atom is 0.277 e. The monoisotopic (exact) mass is 369 g/mol. The van der Waals surface area contributed by atoms with Crippen LogP contribution in [0.2, 0.25) is 0 Å². The number of halogens is 1. The summed E-state index contributed by atoms with van der Waals surface area (Å²) in [6.45, 7) is 0. The van der Waals surface area contributed by atoms with Crippen molar-refractivity contribution in [2.24, 2.45) is 0 Å². The Kier molecular flexibility index (Phi) is 5.09. The molecule has 0 saturated carbocycles. The Morgan fingerprint density at radius 1 is 1.15 bits per heavy atom. The lowest BCUT2D eigenvalue weighted by molar-refractivity contribution is -0.385. The number of nitro benzene ring substituents is 1. The lowest BCUT2D eigenvalue weighted by Crippen LogP contribution is -2.00. The van der Waals surface area contributed by atoms with Crippen LogP contribution in [-0.4, -0.2) is 28.9 Å². The fourth-order valence-corrected chi connectivity index (χ4v) is 3.20. The predicted octanol–water partition coefficient (Wildman–Crippen LogP) is 5.06. The minimum atomic E-state index is -0.397. The summed E-state index contributed by atoms with van der Waals surface area (Å²) in [5.41, 5.74) is 2.69. The SMILES string of the molecule is CN(C)/C=C/c1ccc(-c2csc(-c3ccc(F)cc3)n2)cc1[N+](=O)[O-]. The summed E-state index contributed by atoms with van der Waals surface area (Å²) in [5, 5.41) is 14.0. The van der Waals surface area contributed by atoms with Gasteiger partial charge in [-0.05, 0) is 42.6 Å². The molecule has 26 heavy (non-hydrogen) atoms. The second-order valence-electron chi connectivity index (χ2n) is 5.85. The smallest absolute Gasteiger partial charge is 0.277 e. The molecule has 5 nitrogen and oxygen atoms in total. The first kappa shape index (κ1) is 17.8. The molecule has 0 radical (unpaired) electrons. The molecular formula is C19H16FN3O2S. The van der Waals surface area contributed by atoms with Gasteiger partial charge >= 0.3 is 0 Å². The Labute approximate surface area is 154 Å². The molecule has 0 aliphatic rings. The quantitative estimate of drug-likeness (QED) is 0.466. The molecule has 0 amide bonds. The standard InChI is InChI=1S/C19H16FN3O2S/c1-22(2)10-9-13-3-4-15(11-18(13)23(24)25)17-12-26-19(21-17)14-5-7-16(20)8-6-14/h3-12H,1-2H3/b10-9+. The van der Waals surface area contributed by atoms with E-state index in [1.807, 2.05) is 30.4 Å². The zero-order valence-electron chi connectivity index (χ0n) is 14.2. The lowest BCUT2D eigenvalue weighted by atomic mass is 10.1. The van der Waals surface area contributed by atoms with Crippen molar-refractivity contribution in [2.45, 2.75) is 0 Å². The zero-order chi connectivity index (χ0) is 18.7. The maximum absolute atomic E-state index is 13.1. The zero-order valence-corrected chi connectivity index (χ0v) is 15.0. The second-order valence-corrected chi connectivity index (χ2v) is 6.71. The third-order valence-corrected chi connectivity index (χ3v) is 4.56. The number of aromatic nitrogens is 1. The molecule has 0 aliphatic heterocycles. The number of thiazole rings is 1. The van der Waals surface area contributed by atoms with E-state index in [0.717, 1.165) is 10.6 Å². The highest BCUT2D eigenvalue weighted by Crippen LogP contribution is 2.32. The molecule has 0 aliphatic carbocycles. The third kappa shape index (κ3) is 3.94. The van der Waals surface area contributed by atoms with Crippen molar-refractivity contribution in [1.82, 2.24) is 9.88 Å². The highest BCUT2D eigenvalue weighted by atomic mass is 32.1. The Hall–Kier alpha value is -3.06. The lowest BCUT2D eigenvalue weighted by Gasteiger charge is -2.05. The van der Waals surface area contributed by atoms with E-state index in [9.17, 15) is 14.5 Å². The maximum atomic E-state index is 13.1. The van der Waals surface area contributed by atoms with Crippen LogP contribution in [0.25, 0.3) is 27.9 Å². The van der Waals surface area contributed by atoms with Gasteiger partial charge in [0.25, 0.3) is 5.69 Å². The number of hydrogen-bond donors (Lipinski definition) is 0. The average molecular weight is 369 g/mol. The van der Waals surface area contributed by atoms with Gasteiger partial charge in [0.15, 0.2) is 0 Å². The van der Waals surface area contributed by atoms with Gasteiger partial charge in [-0.25, -0.2) is 9.37 Å². The summed E-state index contributed by atoms with van der Waals surface area (Å²) in [7, 11) is 3.70. The fourth-order valence-electron chi connectivity index (χ4n) is 2.36. The molecule has 0 fully saturated rings. The van der Waals surface area contributed by atoms with Gasteiger partial charge < -0.3 is 4.90 Å². The topological polar surface area (TPSA) is 59.3 Å². The summed E-state index contributed by atoms with van der Waals surface area (Å²) >= 11 is 1.41. The van der Waals surface area contributed by atoms with Crippen LogP contribution in [0.1, 0.15) is 5.56 Å². The Balaban J connectivity index is 1.96. The van der Waals surface area contributed by atoms with Gasteiger partial charge in [0, 0.05) is 36.7 Å². The van der Waals surface area contributed by atoms with Crippen LogP contribution >= 0.6 is 11.3 Å². The first-order chi connectivity index (χ1) is 12.4. The first-order valence-corrected chi connectivity index (χ1v) is 8.67. The largest absolute Gasteiger partial charge is 0.383 e. The number of benzene rings is 2. The fraction of sp³-hybridized carbons (Fsp3) is 0.105. The Morgan fingerprint density at radius 3 is 2.50 bits per heavy atom. The molecule has 3 rings (SSSR count). The van der Waals surface area contributed by atoms with Crippen molar-refractivity contribution in [2.75, 3.05) is 14.1 Å². The normalized spacial score (nSPS) is 11.0. The molecule has 0 atom stereocenters. The van der Waals surface area contributed by atoms with E-state index in [4.69, 9.17) is 0 Å². The van der Waals surface area contributed by atoms with Gasteiger partial charge in [-0.15, -0.1) is 11.3 Å². The summed E-state index contributed by atoms with van der Waals surface area (Å²) in [6, 6.07) is 11.1. The molecule has 0 saturated heterocycles. The van der Waals surface area contributed by atoms with Crippen molar-refractivity contribution in [3.05, 3.63) is 75.5 Å². The molecule has 0 N–H and O–H groups in total. The molecule has 3 aromatic rings. The van der Waals surface area contributed by atoms with Crippen molar-refractivity contribution in [1.29, 1.82) is 0 Å². The molecule has 132 valence electrons. The highest BCUT2D eigenvalue weighted by molar-refractivity contribution is 7.13. The number of hydrogen-bond acceptors (Lipinski definition) is 5. The third-order valence-electron chi connectivity index (χ3n) is 3.67. The van der Waals surface area contributed by atoms with Crippen LogP contribution < -0.4 is 0 Å². The minimum Gasteiger partial charge on any atom is -0.383 e. The number of nitro groups is 1. The summed E-state index contributed by atoms with van der Waals surface area (Å²) in [4.78, 5) is 17.4. The Bertz CT molecular complexity index is 965. The van der Waals surface area contributed by atoms with E-state index >= 15 is 0 Å². The van der Waals surface area contributed by atoms with Gasteiger partial charge in [-0.1, -0.05) is 6.07 Å². The van der Waals surface area contributed by atoms with Gasteiger partial charge in [-0.3, -0.25) is 10.1 Å². The van der Waals surface area contributed by atoms with E-state index in [-0.39, 0.29) is 11.5 Å². The molecule has 7 heteroatoms. The van der Waals surface area contributed by atoms with Crippen LogP contribution in [0.5, 0.6) is 0 Å². The van der Waals surface area contributed by atoms with Crippen LogP contribution in [0.15, 0.2) is 54.0 Å². The Morgan fingerprint density at radius 2 is 1.85 bits per heavy atom. The van der Waals surface area contributed by atoms with E-state index in [1.165, 1.54) is 29.5 Å². The van der Waals surface area contributed by atoms with Gasteiger partial charge in [0.2, 0.25) is 0 Å².